The molecule has 98 valence electrons. The maximum Gasteiger partial charge on any atom is 0.248 e. The second-order valence-electron chi connectivity index (χ2n) is 3.86. The Balaban J connectivity index is 2.48. The number of amides is 2. The number of hydrogen-bond donors (Lipinski definition) is 2. The molecular formula is C13H18N2O3. The first kappa shape index (κ1) is 14.2. The van der Waals surface area contributed by atoms with Gasteiger partial charge in [-0.3, -0.25) is 9.59 Å². The van der Waals surface area contributed by atoms with Gasteiger partial charge in [-0.2, -0.15) is 0 Å². The number of ether oxygens (including phenoxy) is 1. The van der Waals surface area contributed by atoms with Crippen LogP contribution < -0.4 is 11.1 Å². The van der Waals surface area contributed by atoms with Crippen LogP contribution in [-0.4, -0.2) is 32.1 Å². The molecule has 0 atom stereocenters. The van der Waals surface area contributed by atoms with Crippen LogP contribution in [0.25, 0.3) is 0 Å². The first-order chi connectivity index (χ1) is 8.65. The molecule has 2 amide bonds. The predicted molar refractivity (Wildman–Crippen MR) is 68.2 cm³/mol. The van der Waals surface area contributed by atoms with Gasteiger partial charge >= 0.3 is 0 Å². The van der Waals surface area contributed by atoms with E-state index in [1.165, 1.54) is 0 Å². The lowest BCUT2D eigenvalue weighted by Crippen LogP contribution is -2.27. The molecule has 5 nitrogen and oxygen atoms in total. The van der Waals surface area contributed by atoms with Crippen LogP contribution in [0.4, 0.5) is 0 Å². The minimum Gasteiger partial charge on any atom is -0.383 e. The summed E-state index contributed by atoms with van der Waals surface area (Å²) < 4.78 is 4.83. The highest BCUT2D eigenvalue weighted by molar-refractivity contribution is 5.94. The van der Waals surface area contributed by atoms with E-state index in [9.17, 15) is 9.59 Å². The maximum atomic E-state index is 11.5. The van der Waals surface area contributed by atoms with E-state index >= 15 is 0 Å². The Hall–Kier alpha value is -1.88. The fourth-order valence-electron chi connectivity index (χ4n) is 1.61. The first-order valence-corrected chi connectivity index (χ1v) is 5.78. The summed E-state index contributed by atoms with van der Waals surface area (Å²) in [7, 11) is 1.58. The van der Waals surface area contributed by atoms with E-state index in [-0.39, 0.29) is 5.91 Å². The summed E-state index contributed by atoms with van der Waals surface area (Å²) in [4.78, 5) is 22.7. The second-order valence-corrected chi connectivity index (χ2v) is 3.86. The van der Waals surface area contributed by atoms with Crippen molar-refractivity contribution < 1.29 is 14.3 Å². The fourth-order valence-corrected chi connectivity index (χ4v) is 1.61. The van der Waals surface area contributed by atoms with Crippen LogP contribution in [0.2, 0.25) is 0 Å². The monoisotopic (exact) mass is 250 g/mol. The average Bonchev–Trinajstić information content (AvgIpc) is 2.37. The van der Waals surface area contributed by atoms with Crippen LogP contribution in [0, 0.1) is 0 Å². The molecule has 18 heavy (non-hydrogen) atoms. The molecule has 0 spiro atoms. The molecular weight excluding hydrogens is 232 g/mol. The van der Waals surface area contributed by atoms with Crippen molar-refractivity contribution in [3.05, 3.63) is 35.4 Å². The van der Waals surface area contributed by atoms with Crippen LogP contribution >= 0.6 is 0 Å². The van der Waals surface area contributed by atoms with Gasteiger partial charge < -0.3 is 15.8 Å². The van der Waals surface area contributed by atoms with Crippen molar-refractivity contribution in [1.82, 2.24) is 5.32 Å². The standard InChI is InChI=1S/C13H18N2O3/c1-18-9-8-15-12(16)7-6-10-4-2-3-5-11(10)13(14)17/h2-5H,6-9H2,1H3,(H2,14,17)(H,15,16). The van der Waals surface area contributed by atoms with Crippen molar-refractivity contribution in [2.24, 2.45) is 5.73 Å². The van der Waals surface area contributed by atoms with E-state index in [0.29, 0.717) is 31.6 Å². The number of aryl methyl sites for hydroxylation is 1. The summed E-state index contributed by atoms with van der Waals surface area (Å²) in [5, 5.41) is 2.72. The van der Waals surface area contributed by atoms with Crippen LogP contribution in [0.1, 0.15) is 22.3 Å². The molecule has 5 heteroatoms. The zero-order valence-electron chi connectivity index (χ0n) is 10.4. The lowest BCUT2D eigenvalue weighted by atomic mass is 10.0. The van der Waals surface area contributed by atoms with E-state index < -0.39 is 5.91 Å². The number of nitrogens with one attached hydrogen (secondary N) is 1. The number of nitrogens with two attached hydrogens (primary N) is 1. The van der Waals surface area contributed by atoms with E-state index in [4.69, 9.17) is 10.5 Å². The van der Waals surface area contributed by atoms with E-state index in [1.54, 1.807) is 19.2 Å². The Kier molecular flexibility index (Phi) is 5.87. The van der Waals surface area contributed by atoms with Gasteiger partial charge in [-0.25, -0.2) is 0 Å². The molecule has 0 aliphatic heterocycles. The van der Waals surface area contributed by atoms with Crippen LogP contribution in [0.3, 0.4) is 0 Å². The van der Waals surface area contributed by atoms with Crippen molar-refractivity contribution in [3.8, 4) is 0 Å². The molecule has 0 aromatic heterocycles. The Morgan fingerprint density at radius 2 is 2.06 bits per heavy atom. The molecule has 1 aromatic rings. The summed E-state index contributed by atoms with van der Waals surface area (Å²) in [5.41, 5.74) is 6.54. The maximum absolute atomic E-state index is 11.5. The first-order valence-electron chi connectivity index (χ1n) is 5.78. The number of primary amides is 1. The van der Waals surface area contributed by atoms with Crippen LogP contribution in [0.15, 0.2) is 24.3 Å². The summed E-state index contributed by atoms with van der Waals surface area (Å²) in [5.74, 6) is -0.531. The van der Waals surface area contributed by atoms with Gasteiger partial charge in [0.2, 0.25) is 11.8 Å². The number of carbonyl (C=O) groups is 2. The molecule has 0 saturated carbocycles. The summed E-state index contributed by atoms with van der Waals surface area (Å²) in [6, 6.07) is 7.05. The second kappa shape index (κ2) is 7.45. The van der Waals surface area contributed by atoms with Gasteiger partial charge in [0.1, 0.15) is 0 Å². The Labute approximate surface area is 106 Å². The lowest BCUT2D eigenvalue weighted by molar-refractivity contribution is -0.121. The van der Waals surface area contributed by atoms with Crippen molar-refractivity contribution >= 4 is 11.8 Å². The quantitative estimate of drug-likeness (QED) is 0.691. The molecule has 0 fully saturated rings. The van der Waals surface area contributed by atoms with Gasteiger partial charge in [-0.15, -0.1) is 0 Å². The molecule has 3 N–H and O–H groups in total. The smallest absolute Gasteiger partial charge is 0.248 e. The van der Waals surface area contributed by atoms with E-state index in [1.807, 2.05) is 12.1 Å². The van der Waals surface area contributed by atoms with Gasteiger partial charge in [0, 0.05) is 25.6 Å². The van der Waals surface area contributed by atoms with Gasteiger partial charge in [0.05, 0.1) is 6.61 Å². The Morgan fingerprint density at radius 3 is 2.72 bits per heavy atom. The van der Waals surface area contributed by atoms with Crippen molar-refractivity contribution in [2.75, 3.05) is 20.3 Å². The van der Waals surface area contributed by atoms with Crippen LogP contribution in [-0.2, 0) is 16.0 Å². The average molecular weight is 250 g/mol. The zero-order valence-corrected chi connectivity index (χ0v) is 10.4. The van der Waals surface area contributed by atoms with Crippen molar-refractivity contribution in [2.45, 2.75) is 12.8 Å². The van der Waals surface area contributed by atoms with Gasteiger partial charge in [0.15, 0.2) is 0 Å². The summed E-state index contributed by atoms with van der Waals surface area (Å²) in [6.45, 7) is 0.983. The Bertz CT molecular complexity index is 418. The third kappa shape index (κ3) is 4.55. The highest BCUT2D eigenvalue weighted by Crippen LogP contribution is 2.10. The normalized spacial score (nSPS) is 10.1. The zero-order chi connectivity index (χ0) is 13.4. The number of carbonyl (C=O) groups excluding carboxylic acids is 2. The minimum absolute atomic E-state index is 0.0636. The number of hydrogen-bond acceptors (Lipinski definition) is 3. The topological polar surface area (TPSA) is 81.4 Å². The summed E-state index contributed by atoms with van der Waals surface area (Å²) >= 11 is 0. The molecule has 0 bridgehead atoms. The molecule has 1 rings (SSSR count). The molecule has 0 radical (unpaired) electrons. The number of rotatable bonds is 7. The van der Waals surface area contributed by atoms with Crippen molar-refractivity contribution in [1.29, 1.82) is 0 Å². The Morgan fingerprint density at radius 1 is 1.33 bits per heavy atom. The minimum atomic E-state index is -0.467. The summed E-state index contributed by atoms with van der Waals surface area (Å²) in [6.07, 6.45) is 0.825. The predicted octanol–water partition coefficient (Wildman–Crippen LogP) is 0.481. The molecule has 0 saturated heterocycles. The number of methoxy groups -OCH3 is 1. The van der Waals surface area contributed by atoms with Gasteiger partial charge in [0.25, 0.3) is 0 Å². The van der Waals surface area contributed by atoms with E-state index in [2.05, 4.69) is 5.32 Å². The largest absolute Gasteiger partial charge is 0.383 e. The third-order valence-corrected chi connectivity index (χ3v) is 2.53. The van der Waals surface area contributed by atoms with Crippen molar-refractivity contribution in [3.63, 3.8) is 0 Å². The number of benzene rings is 1. The molecule has 0 aliphatic carbocycles. The SMILES string of the molecule is COCCNC(=O)CCc1ccccc1C(N)=O. The lowest BCUT2D eigenvalue weighted by Gasteiger charge is -2.07. The fraction of sp³-hybridized carbons (Fsp3) is 0.385. The molecule has 0 unspecified atom stereocenters. The third-order valence-electron chi connectivity index (χ3n) is 2.53. The van der Waals surface area contributed by atoms with E-state index in [0.717, 1.165) is 5.56 Å². The van der Waals surface area contributed by atoms with Crippen LogP contribution in [0.5, 0.6) is 0 Å². The highest BCUT2D eigenvalue weighted by Gasteiger charge is 2.08. The highest BCUT2D eigenvalue weighted by atomic mass is 16.5. The molecule has 0 heterocycles. The molecule has 0 aliphatic rings. The van der Waals surface area contributed by atoms with Gasteiger partial charge in [-0.1, -0.05) is 18.2 Å². The van der Waals surface area contributed by atoms with Gasteiger partial charge in [-0.05, 0) is 18.1 Å². The molecule has 1 aromatic carbocycles.